The molecule has 0 spiro atoms. The maximum Gasteiger partial charge on any atom is 0.252 e. The lowest BCUT2D eigenvalue weighted by Crippen LogP contribution is -2.52. The van der Waals surface area contributed by atoms with Crippen LogP contribution in [0.5, 0.6) is 0 Å². The van der Waals surface area contributed by atoms with Crippen LogP contribution < -0.4 is 5.32 Å². The van der Waals surface area contributed by atoms with E-state index in [1.54, 1.807) is 4.52 Å². The van der Waals surface area contributed by atoms with Gasteiger partial charge in [-0.15, -0.1) is 0 Å². The van der Waals surface area contributed by atoms with Gasteiger partial charge in [0.25, 0.3) is 5.78 Å². The zero-order valence-electron chi connectivity index (χ0n) is 17.1. The van der Waals surface area contributed by atoms with E-state index >= 15 is 0 Å². The first-order valence-electron chi connectivity index (χ1n) is 10.0. The molecule has 7 heteroatoms. The number of amides is 1. The Morgan fingerprint density at radius 2 is 1.93 bits per heavy atom. The van der Waals surface area contributed by atoms with Crippen LogP contribution in [0, 0.1) is 13.8 Å². The van der Waals surface area contributed by atoms with E-state index in [1.807, 2.05) is 13.8 Å². The van der Waals surface area contributed by atoms with E-state index in [0.717, 1.165) is 36.3 Å². The lowest BCUT2D eigenvalue weighted by molar-refractivity contribution is -0.121. The molecule has 2 heterocycles. The Bertz CT molecular complexity index is 789. The van der Waals surface area contributed by atoms with Gasteiger partial charge in [0.1, 0.15) is 6.33 Å². The Balaban J connectivity index is 1.61. The number of nitrogens with zero attached hydrogens (tertiary/aromatic N) is 5. The summed E-state index contributed by atoms with van der Waals surface area (Å²) in [5.41, 5.74) is 3.12. The number of nitrogens with one attached hydrogen (secondary N) is 1. The Kier molecular flexibility index (Phi) is 6.09. The van der Waals surface area contributed by atoms with Crippen molar-refractivity contribution in [1.82, 2.24) is 29.8 Å². The molecule has 1 N–H and O–H groups in total. The summed E-state index contributed by atoms with van der Waals surface area (Å²) < 4.78 is 1.74. The van der Waals surface area contributed by atoms with Gasteiger partial charge in [0.2, 0.25) is 5.91 Å². The molecular weight excluding hydrogens is 340 g/mol. The smallest absolute Gasteiger partial charge is 0.252 e. The molecule has 0 radical (unpaired) electrons. The van der Waals surface area contributed by atoms with Gasteiger partial charge >= 0.3 is 0 Å². The van der Waals surface area contributed by atoms with Gasteiger partial charge in [-0.3, -0.25) is 4.79 Å². The second-order valence-corrected chi connectivity index (χ2v) is 8.04. The molecule has 7 nitrogen and oxygen atoms in total. The highest BCUT2D eigenvalue weighted by Gasteiger charge is 2.33. The van der Waals surface area contributed by atoms with E-state index in [2.05, 4.69) is 39.4 Å². The second-order valence-electron chi connectivity index (χ2n) is 8.04. The highest BCUT2D eigenvalue weighted by Crippen LogP contribution is 2.30. The van der Waals surface area contributed by atoms with Crippen molar-refractivity contribution < 1.29 is 4.79 Å². The number of aryl methyl sites for hydroxylation is 2. The van der Waals surface area contributed by atoms with E-state index in [1.165, 1.54) is 32.0 Å². The predicted molar refractivity (Wildman–Crippen MR) is 106 cm³/mol. The highest BCUT2D eigenvalue weighted by molar-refractivity contribution is 5.76. The zero-order chi connectivity index (χ0) is 19.4. The van der Waals surface area contributed by atoms with E-state index in [4.69, 9.17) is 0 Å². The Hall–Kier alpha value is -2.02. The van der Waals surface area contributed by atoms with Crippen LogP contribution >= 0.6 is 0 Å². The molecule has 0 unspecified atom stereocenters. The van der Waals surface area contributed by atoms with Crippen LogP contribution in [0.3, 0.4) is 0 Å². The van der Waals surface area contributed by atoms with Crippen LogP contribution in [0.1, 0.15) is 61.9 Å². The lowest BCUT2D eigenvalue weighted by atomic mass is 9.88. The van der Waals surface area contributed by atoms with Crippen LogP contribution in [0.4, 0.5) is 0 Å². The fourth-order valence-electron chi connectivity index (χ4n) is 4.28. The summed E-state index contributed by atoms with van der Waals surface area (Å²) in [5, 5.41) is 7.43. The maximum absolute atomic E-state index is 12.6. The number of hydrogen-bond acceptors (Lipinski definition) is 5. The standard InChI is InChI=1S/C20H32N6O/c1-15-17(16(2)26-19(24-15)22-14-23-26)9-10-18(27)21-13-20(25(3)4)11-7-5-6-8-12-20/h14H,5-13H2,1-4H3,(H,21,27). The third-order valence-electron chi connectivity index (χ3n) is 6.19. The van der Waals surface area contributed by atoms with Crippen molar-refractivity contribution in [1.29, 1.82) is 0 Å². The second kappa shape index (κ2) is 8.33. The predicted octanol–water partition coefficient (Wildman–Crippen LogP) is 2.44. The van der Waals surface area contributed by atoms with Crippen molar-refractivity contribution in [3.63, 3.8) is 0 Å². The average molecular weight is 373 g/mol. The molecule has 2 aromatic rings. The zero-order valence-corrected chi connectivity index (χ0v) is 17.1. The van der Waals surface area contributed by atoms with Crippen molar-refractivity contribution in [3.05, 3.63) is 23.3 Å². The van der Waals surface area contributed by atoms with Gasteiger partial charge in [-0.1, -0.05) is 25.7 Å². The molecule has 1 fully saturated rings. The molecular formula is C20H32N6O. The molecule has 2 aromatic heterocycles. The molecule has 1 amide bonds. The SMILES string of the molecule is Cc1nc2ncnn2c(C)c1CCC(=O)NCC1(N(C)C)CCCCCC1. The van der Waals surface area contributed by atoms with Crippen molar-refractivity contribution in [2.45, 2.75) is 70.8 Å². The molecule has 0 bridgehead atoms. The number of likely N-dealkylation sites (N-methyl/N-ethyl adjacent to an activating group) is 1. The quantitative estimate of drug-likeness (QED) is 0.788. The van der Waals surface area contributed by atoms with Gasteiger partial charge in [0.15, 0.2) is 0 Å². The average Bonchev–Trinajstić information content (AvgIpc) is 2.96. The molecule has 1 aliphatic carbocycles. The Morgan fingerprint density at radius 3 is 2.59 bits per heavy atom. The Labute approximate surface area is 161 Å². The lowest BCUT2D eigenvalue weighted by Gasteiger charge is -2.39. The van der Waals surface area contributed by atoms with Crippen LogP contribution in [0.25, 0.3) is 5.78 Å². The van der Waals surface area contributed by atoms with Gasteiger partial charge in [0, 0.05) is 29.9 Å². The molecule has 0 aliphatic heterocycles. The topological polar surface area (TPSA) is 75.4 Å². The normalized spacial score (nSPS) is 17.2. The molecule has 1 saturated carbocycles. The molecule has 0 atom stereocenters. The van der Waals surface area contributed by atoms with Gasteiger partial charge in [-0.2, -0.15) is 10.1 Å². The number of rotatable bonds is 6. The minimum absolute atomic E-state index is 0.0964. The van der Waals surface area contributed by atoms with Gasteiger partial charge in [-0.25, -0.2) is 9.50 Å². The summed E-state index contributed by atoms with van der Waals surface area (Å²) in [7, 11) is 4.28. The van der Waals surface area contributed by atoms with Gasteiger partial charge in [-0.05, 0) is 52.8 Å². The summed E-state index contributed by atoms with van der Waals surface area (Å²) in [4.78, 5) is 23.5. The van der Waals surface area contributed by atoms with Gasteiger partial charge in [0.05, 0.1) is 0 Å². The van der Waals surface area contributed by atoms with Crippen LogP contribution in [-0.4, -0.2) is 56.6 Å². The minimum atomic E-state index is 0.0964. The summed E-state index contributed by atoms with van der Waals surface area (Å²) >= 11 is 0. The van der Waals surface area contributed by atoms with Crippen molar-refractivity contribution in [3.8, 4) is 0 Å². The molecule has 148 valence electrons. The first-order valence-corrected chi connectivity index (χ1v) is 10.0. The fourth-order valence-corrected chi connectivity index (χ4v) is 4.28. The fraction of sp³-hybridized carbons (Fsp3) is 0.700. The molecule has 0 saturated heterocycles. The molecule has 27 heavy (non-hydrogen) atoms. The number of carbonyl (C=O) groups is 1. The summed E-state index contributed by atoms with van der Waals surface area (Å²) in [6.45, 7) is 4.72. The first kappa shape index (κ1) is 19.7. The molecule has 3 rings (SSSR count). The monoisotopic (exact) mass is 372 g/mol. The maximum atomic E-state index is 12.6. The number of fused-ring (bicyclic) bond motifs is 1. The van der Waals surface area contributed by atoms with Crippen LogP contribution in [0.2, 0.25) is 0 Å². The van der Waals surface area contributed by atoms with Crippen molar-refractivity contribution >= 4 is 11.7 Å². The number of aromatic nitrogens is 4. The molecule has 0 aromatic carbocycles. The summed E-state index contributed by atoms with van der Waals surface area (Å²) in [5.74, 6) is 0.720. The third-order valence-corrected chi connectivity index (χ3v) is 6.19. The first-order chi connectivity index (χ1) is 12.9. The Morgan fingerprint density at radius 1 is 1.22 bits per heavy atom. The highest BCUT2D eigenvalue weighted by atomic mass is 16.1. The summed E-state index contributed by atoms with van der Waals surface area (Å²) in [6, 6.07) is 0. The third kappa shape index (κ3) is 4.29. The van der Waals surface area contributed by atoms with Crippen molar-refractivity contribution in [2.75, 3.05) is 20.6 Å². The van der Waals surface area contributed by atoms with Gasteiger partial charge < -0.3 is 10.2 Å². The number of hydrogen-bond donors (Lipinski definition) is 1. The summed E-state index contributed by atoms with van der Waals surface area (Å²) in [6.07, 6.45) is 10.1. The van der Waals surface area contributed by atoms with Crippen LogP contribution in [0.15, 0.2) is 6.33 Å². The van der Waals surface area contributed by atoms with E-state index < -0.39 is 0 Å². The molecule has 1 aliphatic rings. The van der Waals surface area contributed by atoms with E-state index in [9.17, 15) is 4.79 Å². The van der Waals surface area contributed by atoms with E-state index in [-0.39, 0.29) is 11.4 Å². The van der Waals surface area contributed by atoms with E-state index in [0.29, 0.717) is 18.6 Å². The minimum Gasteiger partial charge on any atom is -0.354 e. The van der Waals surface area contributed by atoms with Crippen molar-refractivity contribution in [2.24, 2.45) is 0 Å². The number of carbonyl (C=O) groups excluding carboxylic acids is 1. The van der Waals surface area contributed by atoms with Crippen LogP contribution in [-0.2, 0) is 11.2 Å². The largest absolute Gasteiger partial charge is 0.354 e.